The molecule has 0 fully saturated rings. The highest BCUT2D eigenvalue weighted by atomic mass is 16.6. The normalized spacial score (nSPS) is 11.1. The van der Waals surface area contributed by atoms with E-state index in [-0.39, 0.29) is 0 Å². The Balaban J connectivity index is 2.35. The second-order valence-corrected chi connectivity index (χ2v) is 3.58. The Bertz CT molecular complexity index is 258. The van der Waals surface area contributed by atoms with Crippen molar-refractivity contribution in [1.29, 1.82) is 0 Å². The molecule has 0 amide bonds. The molecule has 0 unspecified atom stereocenters. The Hall–Kier alpha value is -0.840. The lowest BCUT2D eigenvalue weighted by molar-refractivity contribution is 0.134. The van der Waals surface area contributed by atoms with Crippen molar-refractivity contribution in [3.63, 3.8) is 0 Å². The van der Waals surface area contributed by atoms with E-state index in [0.29, 0.717) is 6.61 Å². The van der Waals surface area contributed by atoms with Gasteiger partial charge in [-0.05, 0) is 32.6 Å². The first kappa shape index (κ1) is 11.2. The van der Waals surface area contributed by atoms with Gasteiger partial charge in [-0.2, -0.15) is 0 Å². The minimum absolute atomic E-state index is 0.573. The summed E-state index contributed by atoms with van der Waals surface area (Å²) in [5.74, 6) is 6.92. The van der Waals surface area contributed by atoms with E-state index in [4.69, 9.17) is 10.3 Å². The van der Waals surface area contributed by atoms with E-state index in [0.717, 1.165) is 30.9 Å². The molecule has 4 heteroatoms. The molecule has 1 aromatic rings. The van der Waals surface area contributed by atoms with Crippen LogP contribution in [0.5, 0.6) is 0 Å². The lowest BCUT2D eigenvalue weighted by atomic mass is 10.2. The Morgan fingerprint density at radius 3 is 2.71 bits per heavy atom. The zero-order valence-corrected chi connectivity index (χ0v) is 8.82. The number of nitrogens with zero attached hydrogens (tertiary/aromatic N) is 1. The average Bonchev–Trinajstić information content (AvgIpc) is 2.52. The molecule has 0 aliphatic rings. The van der Waals surface area contributed by atoms with Crippen LogP contribution in [0, 0.1) is 0 Å². The number of aryl methyl sites for hydroxylation is 1. The molecule has 0 aliphatic heterocycles. The molecule has 0 atom stereocenters. The van der Waals surface area contributed by atoms with Crippen molar-refractivity contribution in [2.45, 2.75) is 19.4 Å². The molecule has 0 spiro atoms. The van der Waals surface area contributed by atoms with Gasteiger partial charge in [-0.15, -0.1) is 0 Å². The van der Waals surface area contributed by atoms with Gasteiger partial charge in [0.25, 0.3) is 0 Å². The van der Waals surface area contributed by atoms with Crippen LogP contribution < -0.4 is 5.90 Å². The third-order valence-electron chi connectivity index (χ3n) is 1.87. The molecule has 80 valence electrons. The van der Waals surface area contributed by atoms with Crippen molar-refractivity contribution in [3.8, 4) is 0 Å². The summed E-state index contributed by atoms with van der Waals surface area (Å²) in [6.07, 6.45) is 1.77. The summed E-state index contributed by atoms with van der Waals surface area (Å²) in [7, 11) is 4.04. The third kappa shape index (κ3) is 3.91. The molecule has 2 N–H and O–H groups in total. The van der Waals surface area contributed by atoms with Crippen molar-refractivity contribution in [2.75, 3.05) is 20.7 Å². The summed E-state index contributed by atoms with van der Waals surface area (Å²) in [6.45, 7) is 1.41. The van der Waals surface area contributed by atoms with Crippen molar-refractivity contribution in [3.05, 3.63) is 23.7 Å². The van der Waals surface area contributed by atoms with Gasteiger partial charge in [-0.3, -0.25) is 0 Å². The van der Waals surface area contributed by atoms with Crippen molar-refractivity contribution < 1.29 is 9.25 Å². The quantitative estimate of drug-likeness (QED) is 0.550. The standard InChI is InChI=1S/C10H18N2O2/c1-12(2)8-10-6-5-9(14-10)4-3-7-13-11/h5-6H,3-4,7-8,11H2,1-2H3. The molecule has 4 nitrogen and oxygen atoms in total. The predicted octanol–water partition coefficient (Wildman–Crippen LogP) is 1.16. The van der Waals surface area contributed by atoms with Gasteiger partial charge >= 0.3 is 0 Å². The van der Waals surface area contributed by atoms with E-state index in [2.05, 4.69) is 9.74 Å². The van der Waals surface area contributed by atoms with Crippen LogP contribution in [0.1, 0.15) is 17.9 Å². The van der Waals surface area contributed by atoms with E-state index in [1.165, 1.54) is 0 Å². The van der Waals surface area contributed by atoms with Gasteiger partial charge in [0.2, 0.25) is 0 Å². The maximum atomic E-state index is 5.60. The van der Waals surface area contributed by atoms with E-state index in [1.54, 1.807) is 0 Å². The van der Waals surface area contributed by atoms with Gasteiger partial charge in [-0.25, -0.2) is 5.90 Å². The molecule has 0 bridgehead atoms. The minimum atomic E-state index is 0.573. The Kier molecular flexibility index (Phi) is 4.65. The molecule has 0 saturated carbocycles. The fraction of sp³-hybridized carbons (Fsp3) is 0.600. The number of rotatable bonds is 6. The number of hydrogen-bond acceptors (Lipinski definition) is 4. The Morgan fingerprint density at radius 1 is 1.36 bits per heavy atom. The molecule has 1 aromatic heterocycles. The second kappa shape index (κ2) is 5.80. The van der Waals surface area contributed by atoms with E-state index in [9.17, 15) is 0 Å². The smallest absolute Gasteiger partial charge is 0.118 e. The third-order valence-corrected chi connectivity index (χ3v) is 1.87. The predicted molar refractivity (Wildman–Crippen MR) is 54.6 cm³/mol. The molecule has 0 saturated heterocycles. The second-order valence-electron chi connectivity index (χ2n) is 3.58. The molecular formula is C10H18N2O2. The van der Waals surface area contributed by atoms with Crippen LogP contribution in [0.25, 0.3) is 0 Å². The molecular weight excluding hydrogens is 180 g/mol. The SMILES string of the molecule is CN(C)Cc1ccc(CCCON)o1. The highest BCUT2D eigenvalue weighted by Gasteiger charge is 2.02. The van der Waals surface area contributed by atoms with Crippen LogP contribution in [-0.2, 0) is 17.8 Å². The van der Waals surface area contributed by atoms with E-state index in [1.807, 2.05) is 26.2 Å². The maximum absolute atomic E-state index is 5.60. The van der Waals surface area contributed by atoms with Crippen LogP contribution in [-0.4, -0.2) is 25.6 Å². The van der Waals surface area contributed by atoms with Gasteiger partial charge in [0.15, 0.2) is 0 Å². The number of hydrogen-bond donors (Lipinski definition) is 1. The minimum Gasteiger partial charge on any atom is -0.465 e. The lowest BCUT2D eigenvalue weighted by Crippen LogP contribution is -2.09. The van der Waals surface area contributed by atoms with Gasteiger partial charge in [0.1, 0.15) is 11.5 Å². The number of nitrogens with two attached hydrogens (primary N) is 1. The first-order valence-electron chi connectivity index (χ1n) is 4.76. The first-order valence-corrected chi connectivity index (χ1v) is 4.76. The summed E-state index contributed by atoms with van der Waals surface area (Å²) < 4.78 is 5.60. The van der Waals surface area contributed by atoms with Crippen LogP contribution in [0.15, 0.2) is 16.5 Å². The topological polar surface area (TPSA) is 51.6 Å². The van der Waals surface area contributed by atoms with E-state index >= 15 is 0 Å². The molecule has 1 heterocycles. The van der Waals surface area contributed by atoms with Crippen LogP contribution in [0.3, 0.4) is 0 Å². The van der Waals surface area contributed by atoms with Crippen molar-refractivity contribution in [1.82, 2.24) is 4.90 Å². The van der Waals surface area contributed by atoms with Crippen LogP contribution >= 0.6 is 0 Å². The van der Waals surface area contributed by atoms with Crippen molar-refractivity contribution in [2.24, 2.45) is 5.90 Å². The monoisotopic (exact) mass is 198 g/mol. The molecule has 0 aromatic carbocycles. The van der Waals surface area contributed by atoms with Crippen molar-refractivity contribution >= 4 is 0 Å². The summed E-state index contributed by atoms with van der Waals surface area (Å²) >= 11 is 0. The van der Waals surface area contributed by atoms with Crippen LogP contribution in [0.2, 0.25) is 0 Å². The zero-order chi connectivity index (χ0) is 10.4. The van der Waals surface area contributed by atoms with Crippen LogP contribution in [0.4, 0.5) is 0 Å². The summed E-state index contributed by atoms with van der Waals surface area (Å²) in [4.78, 5) is 6.56. The summed E-state index contributed by atoms with van der Waals surface area (Å²) in [5.41, 5.74) is 0. The van der Waals surface area contributed by atoms with Gasteiger partial charge in [0, 0.05) is 6.42 Å². The highest BCUT2D eigenvalue weighted by molar-refractivity contribution is 5.07. The maximum Gasteiger partial charge on any atom is 0.118 e. The van der Waals surface area contributed by atoms with E-state index < -0.39 is 0 Å². The van der Waals surface area contributed by atoms with Gasteiger partial charge in [-0.1, -0.05) is 0 Å². The fourth-order valence-electron chi connectivity index (χ4n) is 1.28. The Morgan fingerprint density at radius 2 is 2.07 bits per heavy atom. The largest absolute Gasteiger partial charge is 0.465 e. The highest BCUT2D eigenvalue weighted by Crippen LogP contribution is 2.11. The molecule has 0 aliphatic carbocycles. The molecule has 0 radical (unpaired) electrons. The Labute approximate surface area is 84.6 Å². The molecule has 1 rings (SSSR count). The summed E-state index contributed by atoms with van der Waals surface area (Å²) in [6, 6.07) is 4.02. The lowest BCUT2D eigenvalue weighted by Gasteiger charge is -2.05. The fourth-order valence-corrected chi connectivity index (χ4v) is 1.28. The molecule has 14 heavy (non-hydrogen) atoms. The first-order chi connectivity index (χ1) is 6.72. The van der Waals surface area contributed by atoms with Gasteiger partial charge < -0.3 is 14.2 Å². The summed E-state index contributed by atoms with van der Waals surface area (Å²) in [5, 5.41) is 0. The van der Waals surface area contributed by atoms with Gasteiger partial charge in [0.05, 0.1) is 13.2 Å². The number of furan rings is 1. The zero-order valence-electron chi connectivity index (χ0n) is 8.82. The average molecular weight is 198 g/mol.